The lowest BCUT2D eigenvalue weighted by Gasteiger charge is -2.24. The van der Waals surface area contributed by atoms with Gasteiger partial charge in [0.2, 0.25) is 0 Å². The Morgan fingerprint density at radius 1 is 1.11 bits per heavy atom. The van der Waals surface area contributed by atoms with Gasteiger partial charge in [-0.25, -0.2) is 9.79 Å². The van der Waals surface area contributed by atoms with Crippen LogP contribution in [-0.4, -0.2) is 47.6 Å². The van der Waals surface area contributed by atoms with Gasteiger partial charge in [0.05, 0.1) is 25.8 Å². The number of amides is 3. The summed E-state index contributed by atoms with van der Waals surface area (Å²) in [5.74, 6) is 1.36. The number of urea groups is 1. The number of hydrogen-bond acceptors (Lipinski definition) is 6. The summed E-state index contributed by atoms with van der Waals surface area (Å²) in [5.41, 5.74) is 2.16. The maximum Gasteiger partial charge on any atom is 0.320 e. The van der Waals surface area contributed by atoms with Crippen LogP contribution >= 0.6 is 0 Å². The van der Waals surface area contributed by atoms with Crippen LogP contribution in [0.2, 0.25) is 0 Å². The number of fused-ring (bicyclic) bond motifs is 1. The third-order valence-electron chi connectivity index (χ3n) is 6.14. The molecule has 3 amide bonds. The molecule has 1 aromatic heterocycles. The zero-order chi connectivity index (χ0) is 25.2. The Balaban J connectivity index is 1.54. The van der Waals surface area contributed by atoms with E-state index in [0.29, 0.717) is 17.3 Å². The summed E-state index contributed by atoms with van der Waals surface area (Å²) in [6, 6.07) is 6.81. The number of aliphatic imine (C=N–C) groups is 2. The first-order valence-corrected chi connectivity index (χ1v) is 11.8. The van der Waals surface area contributed by atoms with Crippen molar-refractivity contribution in [3.8, 4) is 11.5 Å². The minimum Gasteiger partial charge on any atom is -0.493 e. The smallest absolute Gasteiger partial charge is 0.320 e. The molecule has 2 aromatic rings. The largest absolute Gasteiger partial charge is 0.493 e. The van der Waals surface area contributed by atoms with Crippen LogP contribution in [0.1, 0.15) is 57.7 Å². The molecule has 10 heteroatoms. The van der Waals surface area contributed by atoms with E-state index < -0.39 is 6.03 Å². The summed E-state index contributed by atoms with van der Waals surface area (Å²) < 4.78 is 12.0. The fraction of sp³-hybridized carbons (Fsp3) is 0.480. The van der Waals surface area contributed by atoms with Crippen molar-refractivity contribution in [1.82, 2.24) is 15.1 Å². The van der Waals surface area contributed by atoms with Gasteiger partial charge in [0.15, 0.2) is 11.5 Å². The number of hydrogen-bond donors (Lipinski definition) is 2. The lowest BCUT2D eigenvalue weighted by atomic mass is 9.86. The molecule has 4 rings (SSSR count). The van der Waals surface area contributed by atoms with Gasteiger partial charge in [0.1, 0.15) is 5.82 Å². The SMILES string of the molecule is COc1ccc(CNC(=O)Nc2cc(C(C)(C)C)nn2C2=NC(=O)C3CCCCC3=N2)cc1OC. The molecule has 1 aromatic carbocycles. The highest BCUT2D eigenvalue weighted by Gasteiger charge is 2.32. The lowest BCUT2D eigenvalue weighted by Crippen LogP contribution is -2.34. The van der Waals surface area contributed by atoms with Crippen LogP contribution in [0.15, 0.2) is 34.3 Å². The Morgan fingerprint density at radius 3 is 2.60 bits per heavy atom. The van der Waals surface area contributed by atoms with E-state index in [4.69, 9.17) is 9.47 Å². The van der Waals surface area contributed by atoms with E-state index in [1.54, 1.807) is 32.4 Å². The first-order chi connectivity index (χ1) is 16.7. The van der Waals surface area contributed by atoms with Crippen LogP contribution in [0, 0.1) is 5.92 Å². The van der Waals surface area contributed by atoms with Gasteiger partial charge in [-0.05, 0) is 37.0 Å². The highest BCUT2D eigenvalue weighted by Crippen LogP contribution is 2.29. The molecule has 35 heavy (non-hydrogen) atoms. The van der Waals surface area contributed by atoms with Crippen LogP contribution in [0.3, 0.4) is 0 Å². The Morgan fingerprint density at radius 2 is 1.89 bits per heavy atom. The number of aromatic nitrogens is 2. The van der Waals surface area contributed by atoms with E-state index in [0.717, 1.165) is 42.7 Å². The van der Waals surface area contributed by atoms with Crippen molar-refractivity contribution in [2.24, 2.45) is 15.9 Å². The Bertz CT molecular complexity index is 1190. The summed E-state index contributed by atoms with van der Waals surface area (Å²) in [5, 5.41) is 10.3. The van der Waals surface area contributed by atoms with E-state index in [1.807, 2.05) is 26.8 Å². The normalized spacial score (nSPS) is 17.7. The predicted molar refractivity (Wildman–Crippen MR) is 134 cm³/mol. The molecule has 1 aliphatic carbocycles. The van der Waals surface area contributed by atoms with E-state index in [-0.39, 0.29) is 29.7 Å². The number of rotatable bonds is 5. The molecule has 0 saturated heterocycles. The van der Waals surface area contributed by atoms with Crippen molar-refractivity contribution in [2.45, 2.75) is 58.4 Å². The second-order valence-corrected chi connectivity index (χ2v) is 9.73. The molecule has 2 aliphatic rings. The number of nitrogens with one attached hydrogen (secondary N) is 2. The fourth-order valence-electron chi connectivity index (χ4n) is 4.14. The van der Waals surface area contributed by atoms with E-state index in [9.17, 15) is 9.59 Å². The van der Waals surface area contributed by atoms with Gasteiger partial charge in [-0.3, -0.25) is 10.1 Å². The third kappa shape index (κ3) is 5.36. The number of methoxy groups -OCH3 is 2. The van der Waals surface area contributed by atoms with Crippen LogP contribution in [0.5, 0.6) is 11.5 Å². The minimum absolute atomic E-state index is 0.189. The lowest BCUT2D eigenvalue weighted by molar-refractivity contribution is -0.120. The van der Waals surface area contributed by atoms with Crippen molar-refractivity contribution in [3.63, 3.8) is 0 Å². The van der Waals surface area contributed by atoms with Gasteiger partial charge in [0, 0.05) is 23.7 Å². The van der Waals surface area contributed by atoms with Gasteiger partial charge in [-0.15, -0.1) is 0 Å². The maximum absolute atomic E-state index is 12.8. The van der Waals surface area contributed by atoms with Gasteiger partial charge < -0.3 is 14.8 Å². The molecule has 10 nitrogen and oxygen atoms in total. The molecule has 1 aliphatic heterocycles. The average molecular weight is 481 g/mol. The molecule has 186 valence electrons. The molecular weight excluding hydrogens is 448 g/mol. The highest BCUT2D eigenvalue weighted by molar-refractivity contribution is 6.16. The predicted octanol–water partition coefficient (Wildman–Crippen LogP) is 3.90. The van der Waals surface area contributed by atoms with Crippen molar-refractivity contribution in [1.29, 1.82) is 0 Å². The molecule has 2 N–H and O–H groups in total. The number of ether oxygens (including phenoxy) is 2. The fourth-order valence-corrected chi connectivity index (χ4v) is 4.14. The van der Waals surface area contributed by atoms with E-state index in [2.05, 4.69) is 25.7 Å². The van der Waals surface area contributed by atoms with E-state index >= 15 is 0 Å². The molecule has 2 heterocycles. The van der Waals surface area contributed by atoms with Gasteiger partial charge in [-0.1, -0.05) is 33.3 Å². The third-order valence-corrected chi connectivity index (χ3v) is 6.14. The zero-order valence-corrected chi connectivity index (χ0v) is 20.8. The Kier molecular flexibility index (Phi) is 6.90. The summed E-state index contributed by atoms with van der Waals surface area (Å²) in [6.45, 7) is 6.35. The second kappa shape index (κ2) is 9.89. The van der Waals surface area contributed by atoms with Crippen molar-refractivity contribution in [2.75, 3.05) is 19.5 Å². The van der Waals surface area contributed by atoms with Crippen molar-refractivity contribution < 1.29 is 19.1 Å². The van der Waals surface area contributed by atoms with Crippen LogP contribution in [0.25, 0.3) is 0 Å². The number of benzene rings is 1. The molecular formula is C25H32N6O4. The standard InChI is InChI=1S/C25H32N6O4/c1-25(2,3)20-13-21(28-24(33)26-14-15-10-11-18(34-4)19(12-15)35-5)31(30-20)23-27-17-9-7-6-8-16(17)22(32)29-23/h10-13,16H,6-9,14H2,1-5H3,(H2,26,28,33). The first-order valence-electron chi connectivity index (χ1n) is 11.8. The van der Waals surface area contributed by atoms with Crippen molar-refractivity contribution >= 4 is 29.4 Å². The molecule has 1 unspecified atom stereocenters. The zero-order valence-electron chi connectivity index (χ0n) is 20.8. The molecule has 0 spiro atoms. The first kappa shape index (κ1) is 24.4. The number of anilines is 1. The van der Waals surface area contributed by atoms with Crippen LogP contribution in [-0.2, 0) is 16.8 Å². The molecule has 0 radical (unpaired) electrons. The monoisotopic (exact) mass is 480 g/mol. The number of carbonyl (C=O) groups excluding carboxylic acids is 2. The summed E-state index contributed by atoms with van der Waals surface area (Å²) in [6.07, 6.45) is 3.57. The van der Waals surface area contributed by atoms with Crippen LogP contribution < -0.4 is 20.1 Å². The summed E-state index contributed by atoms with van der Waals surface area (Å²) >= 11 is 0. The topological polar surface area (TPSA) is 119 Å². The summed E-state index contributed by atoms with van der Waals surface area (Å²) in [7, 11) is 3.13. The van der Waals surface area contributed by atoms with Gasteiger partial charge in [0.25, 0.3) is 11.9 Å². The minimum atomic E-state index is -0.424. The quantitative estimate of drug-likeness (QED) is 0.673. The van der Waals surface area contributed by atoms with Crippen molar-refractivity contribution in [3.05, 3.63) is 35.5 Å². The molecule has 1 fully saturated rings. The molecule has 1 saturated carbocycles. The highest BCUT2D eigenvalue weighted by atomic mass is 16.5. The maximum atomic E-state index is 12.8. The van der Waals surface area contributed by atoms with Crippen LogP contribution in [0.4, 0.5) is 10.6 Å². The Hall–Kier alpha value is -3.69. The second-order valence-electron chi connectivity index (χ2n) is 9.73. The van der Waals surface area contributed by atoms with Gasteiger partial charge >= 0.3 is 6.03 Å². The average Bonchev–Trinajstić information content (AvgIpc) is 3.27. The number of carbonyl (C=O) groups is 2. The number of nitrogens with zero attached hydrogens (tertiary/aromatic N) is 4. The van der Waals surface area contributed by atoms with E-state index in [1.165, 1.54) is 4.68 Å². The molecule has 1 atom stereocenters. The van der Waals surface area contributed by atoms with Gasteiger partial charge in [-0.2, -0.15) is 14.8 Å². The molecule has 0 bridgehead atoms. The Labute approximate surface area is 204 Å². The summed E-state index contributed by atoms with van der Waals surface area (Å²) in [4.78, 5) is 34.4.